The fraction of sp³-hybridized carbons (Fsp3) is 0.316. The molecule has 0 atom stereocenters. The standard InChI is InChI=1S/C19H17ClF3NO4/c1-2-28-17(27)9-8-16(26)18-15(25)7-6-11(24-18)10-12-13(19(21,22)23)4-3-5-14(12)20/h3-7,25H,2,8-10H2,1H3. The number of Topliss-reactive ketones (excluding diaryl/α,β-unsaturated/α-hetero) is 1. The Kier molecular flexibility index (Phi) is 7.01. The van der Waals surface area contributed by atoms with Gasteiger partial charge in [0.15, 0.2) is 5.78 Å². The van der Waals surface area contributed by atoms with E-state index in [9.17, 15) is 27.9 Å². The highest BCUT2D eigenvalue weighted by Crippen LogP contribution is 2.36. The molecular formula is C19H17ClF3NO4. The minimum absolute atomic E-state index is 0.0834. The molecule has 0 aliphatic heterocycles. The zero-order valence-electron chi connectivity index (χ0n) is 14.8. The molecule has 0 fully saturated rings. The van der Waals surface area contributed by atoms with Crippen LogP contribution in [0.3, 0.4) is 0 Å². The quantitative estimate of drug-likeness (QED) is 0.529. The first-order valence-corrected chi connectivity index (χ1v) is 8.73. The van der Waals surface area contributed by atoms with Crippen LogP contribution in [0.4, 0.5) is 13.2 Å². The number of carbonyl (C=O) groups excluding carboxylic acids is 2. The Balaban J connectivity index is 2.27. The molecule has 0 aliphatic carbocycles. The van der Waals surface area contributed by atoms with Crippen LogP contribution in [0.25, 0.3) is 0 Å². The molecule has 0 bridgehead atoms. The van der Waals surface area contributed by atoms with Gasteiger partial charge < -0.3 is 9.84 Å². The van der Waals surface area contributed by atoms with E-state index in [0.717, 1.165) is 6.07 Å². The maximum absolute atomic E-state index is 13.2. The summed E-state index contributed by atoms with van der Waals surface area (Å²) in [5, 5.41) is 9.79. The van der Waals surface area contributed by atoms with Crippen LogP contribution < -0.4 is 0 Å². The number of pyridine rings is 1. The molecule has 0 spiro atoms. The molecule has 1 N–H and O–H groups in total. The Morgan fingerprint density at radius 2 is 1.89 bits per heavy atom. The molecule has 2 aromatic rings. The summed E-state index contributed by atoms with van der Waals surface area (Å²) < 4.78 is 44.4. The summed E-state index contributed by atoms with van der Waals surface area (Å²) in [6.07, 6.45) is -5.33. The zero-order chi connectivity index (χ0) is 20.9. The number of halogens is 4. The number of ether oxygens (including phenoxy) is 1. The highest BCUT2D eigenvalue weighted by molar-refractivity contribution is 6.31. The summed E-state index contributed by atoms with van der Waals surface area (Å²) in [5.41, 5.74) is -1.27. The molecule has 1 aromatic heterocycles. The van der Waals surface area contributed by atoms with Crippen LogP contribution in [-0.2, 0) is 22.1 Å². The molecule has 28 heavy (non-hydrogen) atoms. The summed E-state index contributed by atoms with van der Waals surface area (Å²) in [5.74, 6) is -1.62. The first-order chi connectivity index (χ1) is 13.1. The predicted octanol–water partition coefficient (Wildman–Crippen LogP) is 4.58. The Morgan fingerprint density at radius 1 is 1.18 bits per heavy atom. The van der Waals surface area contributed by atoms with Crippen molar-refractivity contribution in [2.75, 3.05) is 6.61 Å². The maximum atomic E-state index is 13.2. The van der Waals surface area contributed by atoms with Crippen molar-refractivity contribution in [1.29, 1.82) is 0 Å². The summed E-state index contributed by atoms with van der Waals surface area (Å²) in [6.45, 7) is 1.80. The summed E-state index contributed by atoms with van der Waals surface area (Å²) in [7, 11) is 0. The van der Waals surface area contributed by atoms with Gasteiger partial charge in [-0.1, -0.05) is 17.7 Å². The van der Waals surface area contributed by atoms with E-state index in [1.54, 1.807) is 6.92 Å². The van der Waals surface area contributed by atoms with Gasteiger partial charge in [-0.3, -0.25) is 9.59 Å². The molecule has 9 heteroatoms. The van der Waals surface area contributed by atoms with E-state index in [0.29, 0.717) is 0 Å². The van der Waals surface area contributed by atoms with Crippen molar-refractivity contribution >= 4 is 23.4 Å². The number of carbonyl (C=O) groups is 2. The molecule has 0 saturated heterocycles. The van der Waals surface area contributed by atoms with Crippen molar-refractivity contribution in [3.05, 3.63) is 57.9 Å². The Bertz CT molecular complexity index is 884. The number of nitrogens with zero attached hydrogens (tertiary/aromatic N) is 1. The predicted molar refractivity (Wildman–Crippen MR) is 95.4 cm³/mol. The molecule has 0 saturated carbocycles. The molecule has 150 valence electrons. The minimum Gasteiger partial charge on any atom is -0.506 e. The Hall–Kier alpha value is -2.61. The average molecular weight is 416 g/mol. The molecule has 2 rings (SSSR count). The fourth-order valence-electron chi connectivity index (χ4n) is 2.55. The van der Waals surface area contributed by atoms with E-state index >= 15 is 0 Å². The second-order valence-corrected chi connectivity index (χ2v) is 6.25. The number of hydrogen-bond acceptors (Lipinski definition) is 5. The second-order valence-electron chi connectivity index (χ2n) is 5.84. The lowest BCUT2D eigenvalue weighted by molar-refractivity contribution is -0.143. The molecule has 5 nitrogen and oxygen atoms in total. The molecule has 0 radical (unpaired) electrons. The van der Waals surface area contributed by atoms with Gasteiger partial charge in [-0.05, 0) is 36.8 Å². The van der Waals surface area contributed by atoms with Gasteiger partial charge in [0.05, 0.1) is 18.6 Å². The van der Waals surface area contributed by atoms with Crippen LogP contribution in [0.5, 0.6) is 5.75 Å². The van der Waals surface area contributed by atoms with Crippen molar-refractivity contribution in [3.63, 3.8) is 0 Å². The van der Waals surface area contributed by atoms with E-state index in [4.69, 9.17) is 16.3 Å². The van der Waals surface area contributed by atoms with Crippen molar-refractivity contribution in [3.8, 4) is 5.75 Å². The van der Waals surface area contributed by atoms with Crippen LogP contribution in [-0.4, -0.2) is 28.4 Å². The number of rotatable bonds is 7. The second kappa shape index (κ2) is 9.05. The summed E-state index contributed by atoms with van der Waals surface area (Å²) in [6, 6.07) is 5.92. The number of ketones is 1. The third-order valence-corrected chi connectivity index (χ3v) is 4.19. The number of alkyl halides is 3. The normalized spacial score (nSPS) is 11.3. The van der Waals surface area contributed by atoms with Crippen LogP contribution in [0.2, 0.25) is 5.02 Å². The van der Waals surface area contributed by atoms with Gasteiger partial charge in [0, 0.05) is 23.6 Å². The van der Waals surface area contributed by atoms with Gasteiger partial charge in [0.2, 0.25) is 0 Å². The van der Waals surface area contributed by atoms with E-state index in [1.165, 1.54) is 24.3 Å². The van der Waals surface area contributed by atoms with E-state index in [-0.39, 0.29) is 47.8 Å². The van der Waals surface area contributed by atoms with Crippen LogP contribution in [0.15, 0.2) is 30.3 Å². The van der Waals surface area contributed by atoms with Gasteiger partial charge in [0.25, 0.3) is 0 Å². The molecule has 1 heterocycles. The SMILES string of the molecule is CCOC(=O)CCC(=O)c1nc(Cc2c(Cl)cccc2C(F)(F)F)ccc1O. The zero-order valence-corrected chi connectivity index (χ0v) is 15.6. The van der Waals surface area contributed by atoms with E-state index < -0.39 is 29.2 Å². The minimum atomic E-state index is -4.60. The topological polar surface area (TPSA) is 76.5 Å². The number of aromatic nitrogens is 1. The van der Waals surface area contributed by atoms with E-state index in [1.807, 2.05) is 0 Å². The lowest BCUT2D eigenvalue weighted by atomic mass is 10.0. The van der Waals surface area contributed by atoms with Crippen molar-refractivity contribution in [2.45, 2.75) is 32.4 Å². The first-order valence-electron chi connectivity index (χ1n) is 8.35. The number of esters is 1. The molecule has 0 unspecified atom stereocenters. The molecular weight excluding hydrogens is 399 g/mol. The molecule has 1 aromatic carbocycles. The number of aromatic hydroxyl groups is 1. The number of hydrogen-bond donors (Lipinski definition) is 1. The molecule has 0 amide bonds. The highest BCUT2D eigenvalue weighted by Gasteiger charge is 2.34. The highest BCUT2D eigenvalue weighted by atomic mass is 35.5. The first kappa shape index (κ1) is 21.7. The third kappa shape index (κ3) is 5.45. The van der Waals surface area contributed by atoms with E-state index in [2.05, 4.69) is 4.98 Å². The monoisotopic (exact) mass is 415 g/mol. The Labute approximate surface area is 164 Å². The number of benzene rings is 1. The molecule has 0 aliphatic rings. The average Bonchev–Trinajstić information content (AvgIpc) is 2.62. The van der Waals surface area contributed by atoms with Crippen molar-refractivity contribution < 1.29 is 32.6 Å². The van der Waals surface area contributed by atoms with Crippen molar-refractivity contribution in [2.24, 2.45) is 0 Å². The van der Waals surface area contributed by atoms with Crippen molar-refractivity contribution in [1.82, 2.24) is 4.98 Å². The summed E-state index contributed by atoms with van der Waals surface area (Å²) >= 11 is 5.94. The van der Waals surface area contributed by atoms with Gasteiger partial charge in [-0.15, -0.1) is 0 Å². The van der Waals surface area contributed by atoms with Crippen LogP contribution in [0, 0.1) is 0 Å². The lowest BCUT2D eigenvalue weighted by Gasteiger charge is -2.14. The van der Waals surface area contributed by atoms with Gasteiger partial charge in [0.1, 0.15) is 11.4 Å². The smallest absolute Gasteiger partial charge is 0.416 e. The fourth-order valence-corrected chi connectivity index (χ4v) is 2.79. The van der Waals surface area contributed by atoms with Gasteiger partial charge in [-0.25, -0.2) is 4.98 Å². The lowest BCUT2D eigenvalue weighted by Crippen LogP contribution is -2.12. The van der Waals surface area contributed by atoms with Gasteiger partial charge >= 0.3 is 12.1 Å². The Morgan fingerprint density at radius 3 is 2.54 bits per heavy atom. The third-order valence-electron chi connectivity index (χ3n) is 3.84. The van der Waals surface area contributed by atoms with Gasteiger partial charge in [-0.2, -0.15) is 13.2 Å². The van der Waals surface area contributed by atoms with Crippen LogP contribution in [0.1, 0.15) is 47.1 Å². The largest absolute Gasteiger partial charge is 0.506 e. The maximum Gasteiger partial charge on any atom is 0.416 e. The summed E-state index contributed by atoms with van der Waals surface area (Å²) in [4.78, 5) is 27.6. The van der Waals surface area contributed by atoms with Crippen LogP contribution >= 0.6 is 11.6 Å².